The van der Waals surface area contributed by atoms with Crippen molar-refractivity contribution in [1.82, 2.24) is 5.32 Å². The van der Waals surface area contributed by atoms with E-state index in [0.717, 1.165) is 23.9 Å². The Hall–Kier alpha value is -2.21. The molecule has 0 saturated heterocycles. The second-order valence-electron chi connectivity index (χ2n) is 6.21. The second-order valence-corrected chi connectivity index (χ2v) is 7.16. The summed E-state index contributed by atoms with van der Waals surface area (Å²) < 4.78 is 10.9. The van der Waals surface area contributed by atoms with Crippen molar-refractivity contribution in [3.05, 3.63) is 40.6 Å². The van der Waals surface area contributed by atoms with Crippen LogP contribution in [0.4, 0.5) is 5.69 Å². The average Bonchev–Trinajstić information content (AvgIpc) is 3.15. The highest BCUT2D eigenvalue weighted by molar-refractivity contribution is 7.10. The number of aliphatic imine (C=N–C) groups is 1. The highest BCUT2D eigenvalue weighted by Crippen LogP contribution is 2.30. The fourth-order valence-corrected chi connectivity index (χ4v) is 3.24. The standard InChI is InChI=1S/C19H27N3O2S/c1-6-24-15-10-9-14(12-16(15)23-5)22-18(20-4)21-13-19(2,3)17-8-7-11-25-17/h7-12H,6,13H2,1-5H3,(H2,20,21,22). The Kier molecular flexibility index (Phi) is 6.70. The Morgan fingerprint density at radius 2 is 2.04 bits per heavy atom. The van der Waals surface area contributed by atoms with Crippen molar-refractivity contribution >= 4 is 23.0 Å². The Bertz CT molecular complexity index is 697. The van der Waals surface area contributed by atoms with Crippen molar-refractivity contribution < 1.29 is 9.47 Å². The first-order chi connectivity index (χ1) is 12.0. The number of ether oxygens (including phenoxy) is 2. The summed E-state index contributed by atoms with van der Waals surface area (Å²) in [7, 11) is 3.40. The van der Waals surface area contributed by atoms with Crippen molar-refractivity contribution in [2.24, 2.45) is 4.99 Å². The third-order valence-electron chi connectivity index (χ3n) is 3.84. The molecule has 0 atom stereocenters. The minimum Gasteiger partial charge on any atom is -0.493 e. The number of hydrogen-bond acceptors (Lipinski definition) is 4. The first-order valence-corrected chi connectivity index (χ1v) is 9.20. The molecule has 1 aromatic carbocycles. The van der Waals surface area contributed by atoms with Crippen LogP contribution < -0.4 is 20.1 Å². The molecule has 0 aliphatic rings. The Morgan fingerprint density at radius 3 is 2.64 bits per heavy atom. The van der Waals surface area contributed by atoms with Crippen LogP contribution in [-0.4, -0.2) is 33.3 Å². The minimum atomic E-state index is 0.0301. The van der Waals surface area contributed by atoms with E-state index in [1.165, 1.54) is 4.88 Å². The van der Waals surface area contributed by atoms with Gasteiger partial charge >= 0.3 is 0 Å². The molecule has 6 heteroatoms. The first kappa shape index (κ1) is 19.1. The average molecular weight is 362 g/mol. The van der Waals surface area contributed by atoms with Crippen LogP contribution in [0.15, 0.2) is 40.7 Å². The van der Waals surface area contributed by atoms with Gasteiger partial charge in [-0.1, -0.05) is 19.9 Å². The maximum absolute atomic E-state index is 5.55. The number of methoxy groups -OCH3 is 1. The van der Waals surface area contributed by atoms with E-state index in [-0.39, 0.29) is 5.41 Å². The van der Waals surface area contributed by atoms with Gasteiger partial charge in [-0.3, -0.25) is 4.99 Å². The lowest BCUT2D eigenvalue weighted by Crippen LogP contribution is -2.39. The normalized spacial score (nSPS) is 12.0. The summed E-state index contributed by atoms with van der Waals surface area (Å²) in [6.45, 7) is 7.77. The summed E-state index contributed by atoms with van der Waals surface area (Å²) >= 11 is 1.77. The van der Waals surface area contributed by atoms with E-state index in [1.54, 1.807) is 25.5 Å². The molecule has 2 rings (SSSR count). The molecule has 5 nitrogen and oxygen atoms in total. The van der Waals surface area contributed by atoms with Gasteiger partial charge in [0.2, 0.25) is 0 Å². The van der Waals surface area contributed by atoms with Crippen molar-refractivity contribution in [2.45, 2.75) is 26.2 Å². The van der Waals surface area contributed by atoms with Crippen molar-refractivity contribution in [1.29, 1.82) is 0 Å². The lowest BCUT2D eigenvalue weighted by Gasteiger charge is -2.25. The molecule has 0 aliphatic carbocycles. The third kappa shape index (κ3) is 5.13. The largest absolute Gasteiger partial charge is 0.493 e. The summed E-state index contributed by atoms with van der Waals surface area (Å²) in [5, 5.41) is 8.80. The number of nitrogens with zero attached hydrogens (tertiary/aromatic N) is 1. The zero-order valence-corrected chi connectivity index (χ0v) is 16.4. The van der Waals surface area contributed by atoms with Gasteiger partial charge in [-0.05, 0) is 30.5 Å². The predicted molar refractivity (Wildman–Crippen MR) is 106 cm³/mol. The van der Waals surface area contributed by atoms with E-state index in [1.807, 2.05) is 25.1 Å². The van der Waals surface area contributed by atoms with Crippen LogP contribution in [-0.2, 0) is 5.41 Å². The quantitative estimate of drug-likeness (QED) is 0.575. The lowest BCUT2D eigenvalue weighted by molar-refractivity contribution is 0.311. The first-order valence-electron chi connectivity index (χ1n) is 8.32. The molecule has 1 heterocycles. The predicted octanol–water partition coefficient (Wildman–Crippen LogP) is 4.12. The number of anilines is 1. The molecule has 25 heavy (non-hydrogen) atoms. The number of guanidine groups is 1. The van der Waals surface area contributed by atoms with Crippen molar-refractivity contribution in [3.63, 3.8) is 0 Å². The van der Waals surface area contributed by atoms with Gasteiger partial charge in [0.25, 0.3) is 0 Å². The third-order valence-corrected chi connectivity index (χ3v) is 5.07. The highest BCUT2D eigenvalue weighted by Gasteiger charge is 2.22. The maximum atomic E-state index is 5.55. The zero-order valence-electron chi connectivity index (χ0n) is 15.6. The van der Waals surface area contributed by atoms with Crippen LogP contribution in [0.1, 0.15) is 25.6 Å². The summed E-state index contributed by atoms with van der Waals surface area (Å²) in [6.07, 6.45) is 0. The number of rotatable bonds is 7. The zero-order chi connectivity index (χ0) is 18.3. The van der Waals surface area contributed by atoms with Crippen LogP contribution in [0, 0.1) is 0 Å². The SMILES string of the molecule is CCOc1ccc(NC(=NC)NCC(C)(C)c2cccs2)cc1OC. The van der Waals surface area contributed by atoms with Crippen LogP contribution in [0.5, 0.6) is 11.5 Å². The van der Waals surface area contributed by atoms with Gasteiger partial charge in [0, 0.05) is 35.6 Å². The molecule has 0 amide bonds. The van der Waals surface area contributed by atoms with Gasteiger partial charge in [0.05, 0.1) is 13.7 Å². The van der Waals surface area contributed by atoms with Gasteiger partial charge in [0.1, 0.15) is 0 Å². The second kappa shape index (κ2) is 8.76. The van der Waals surface area contributed by atoms with Crippen LogP contribution >= 0.6 is 11.3 Å². The van der Waals surface area contributed by atoms with Gasteiger partial charge < -0.3 is 20.1 Å². The summed E-state index contributed by atoms with van der Waals surface area (Å²) in [4.78, 5) is 5.65. The molecule has 136 valence electrons. The number of nitrogens with one attached hydrogen (secondary N) is 2. The maximum Gasteiger partial charge on any atom is 0.195 e. The van der Waals surface area contributed by atoms with E-state index in [2.05, 4.69) is 47.0 Å². The van der Waals surface area contributed by atoms with Crippen LogP contribution in [0.3, 0.4) is 0 Å². The molecule has 0 spiro atoms. The van der Waals surface area contributed by atoms with Crippen LogP contribution in [0.25, 0.3) is 0 Å². The lowest BCUT2D eigenvalue weighted by atomic mass is 9.91. The molecule has 0 aliphatic heterocycles. The molecule has 2 aromatic rings. The van der Waals surface area contributed by atoms with E-state index in [9.17, 15) is 0 Å². The van der Waals surface area contributed by atoms with E-state index in [0.29, 0.717) is 12.4 Å². The summed E-state index contributed by atoms with van der Waals surface area (Å²) in [5.41, 5.74) is 0.921. The van der Waals surface area contributed by atoms with Crippen LogP contribution in [0.2, 0.25) is 0 Å². The highest BCUT2D eigenvalue weighted by atomic mass is 32.1. The molecular weight excluding hydrogens is 334 g/mol. The minimum absolute atomic E-state index is 0.0301. The molecular formula is C19H27N3O2S. The Balaban J connectivity index is 2.02. The number of benzene rings is 1. The van der Waals surface area contributed by atoms with Gasteiger partial charge in [-0.15, -0.1) is 11.3 Å². The smallest absolute Gasteiger partial charge is 0.195 e. The van der Waals surface area contributed by atoms with Crippen molar-refractivity contribution in [3.8, 4) is 11.5 Å². The number of hydrogen-bond donors (Lipinski definition) is 2. The molecule has 0 unspecified atom stereocenters. The molecule has 0 saturated carbocycles. The Labute approximate surface area is 154 Å². The summed E-state index contributed by atoms with van der Waals surface area (Å²) in [6, 6.07) is 10.0. The molecule has 2 N–H and O–H groups in total. The molecule has 0 fully saturated rings. The van der Waals surface area contributed by atoms with Gasteiger partial charge in [0.15, 0.2) is 17.5 Å². The van der Waals surface area contributed by atoms with Gasteiger partial charge in [-0.2, -0.15) is 0 Å². The number of thiophene rings is 1. The molecule has 0 bridgehead atoms. The fraction of sp³-hybridized carbons (Fsp3) is 0.421. The topological polar surface area (TPSA) is 54.9 Å². The fourth-order valence-electron chi connectivity index (χ4n) is 2.39. The Morgan fingerprint density at radius 1 is 1.24 bits per heavy atom. The van der Waals surface area contributed by atoms with E-state index < -0.39 is 0 Å². The van der Waals surface area contributed by atoms with E-state index in [4.69, 9.17) is 9.47 Å². The molecule has 1 aromatic heterocycles. The molecule has 0 radical (unpaired) electrons. The summed E-state index contributed by atoms with van der Waals surface area (Å²) in [5.74, 6) is 2.15. The monoisotopic (exact) mass is 361 g/mol. The van der Waals surface area contributed by atoms with Crippen molar-refractivity contribution in [2.75, 3.05) is 32.6 Å². The van der Waals surface area contributed by atoms with Gasteiger partial charge in [-0.25, -0.2) is 0 Å². The van der Waals surface area contributed by atoms with E-state index >= 15 is 0 Å².